The van der Waals surface area contributed by atoms with E-state index in [1.54, 1.807) is 0 Å². The average Bonchev–Trinajstić information content (AvgIpc) is 2.16. The molecule has 0 aromatic heterocycles. The van der Waals surface area contributed by atoms with Crippen LogP contribution in [0.15, 0.2) is 12.1 Å². The molecule has 1 aromatic rings. The van der Waals surface area contributed by atoms with Crippen LogP contribution in [-0.4, -0.2) is 19.1 Å². The van der Waals surface area contributed by atoms with E-state index >= 15 is 0 Å². The fraction of sp³-hybridized carbons (Fsp3) is 0.250. The van der Waals surface area contributed by atoms with Gasteiger partial charge < -0.3 is 15.2 Å². The second kappa shape index (κ2) is 3.82. The van der Waals surface area contributed by atoms with Crippen molar-refractivity contribution < 1.29 is 14.4 Å². The van der Waals surface area contributed by atoms with Gasteiger partial charge in [-0.3, -0.25) is 10.1 Å². The fourth-order valence-electron chi connectivity index (χ4n) is 1.05. The predicted molar refractivity (Wildman–Crippen MR) is 50.6 cm³/mol. The van der Waals surface area contributed by atoms with Gasteiger partial charge in [0.05, 0.1) is 30.9 Å². The number of rotatable bonds is 3. The summed E-state index contributed by atoms with van der Waals surface area (Å²) >= 11 is 0. The normalized spacial score (nSPS) is 9.57. The molecule has 0 aliphatic rings. The van der Waals surface area contributed by atoms with Gasteiger partial charge in [0.1, 0.15) is 5.75 Å². The summed E-state index contributed by atoms with van der Waals surface area (Å²) < 4.78 is 9.66. The van der Waals surface area contributed by atoms with Crippen molar-refractivity contribution in [3.8, 4) is 11.5 Å². The maximum Gasteiger partial charge on any atom is 0.314 e. The molecule has 14 heavy (non-hydrogen) atoms. The monoisotopic (exact) mass is 198 g/mol. The molecule has 0 radical (unpaired) electrons. The van der Waals surface area contributed by atoms with E-state index < -0.39 is 4.92 Å². The number of nitrogens with zero attached hydrogens (tertiary/aromatic N) is 1. The Morgan fingerprint density at radius 2 is 1.86 bits per heavy atom. The number of ether oxygens (including phenoxy) is 2. The Balaban J connectivity index is 3.32. The number of benzene rings is 1. The predicted octanol–water partition coefficient (Wildman–Crippen LogP) is 1.19. The number of nitrogen functional groups attached to an aromatic ring is 1. The molecule has 0 aliphatic carbocycles. The molecular formula is C8H10N2O4. The first kappa shape index (κ1) is 10.1. The summed E-state index contributed by atoms with van der Waals surface area (Å²) in [4.78, 5) is 10.0. The quantitative estimate of drug-likeness (QED) is 0.447. The van der Waals surface area contributed by atoms with Crippen LogP contribution < -0.4 is 15.2 Å². The van der Waals surface area contributed by atoms with Gasteiger partial charge in [0.15, 0.2) is 5.75 Å². The van der Waals surface area contributed by atoms with Gasteiger partial charge in [-0.2, -0.15) is 0 Å². The van der Waals surface area contributed by atoms with Crippen molar-refractivity contribution >= 4 is 11.4 Å². The summed E-state index contributed by atoms with van der Waals surface area (Å²) in [6, 6.07) is 2.59. The van der Waals surface area contributed by atoms with E-state index in [9.17, 15) is 10.1 Å². The first-order valence-corrected chi connectivity index (χ1v) is 3.76. The van der Waals surface area contributed by atoms with Crippen LogP contribution in [0.5, 0.6) is 11.5 Å². The van der Waals surface area contributed by atoms with Crippen LogP contribution in [0, 0.1) is 10.1 Å². The van der Waals surface area contributed by atoms with Crippen LogP contribution in [0.2, 0.25) is 0 Å². The molecule has 1 rings (SSSR count). The van der Waals surface area contributed by atoms with E-state index in [0.717, 1.165) is 0 Å². The Morgan fingerprint density at radius 3 is 2.29 bits per heavy atom. The minimum absolute atomic E-state index is 0.119. The summed E-state index contributed by atoms with van der Waals surface area (Å²) in [5.74, 6) is 0.380. The number of hydrogen-bond acceptors (Lipinski definition) is 5. The molecule has 0 amide bonds. The van der Waals surface area contributed by atoms with E-state index in [2.05, 4.69) is 0 Å². The zero-order chi connectivity index (χ0) is 10.7. The highest BCUT2D eigenvalue weighted by Gasteiger charge is 2.18. The molecule has 0 fully saturated rings. The summed E-state index contributed by atoms with van der Waals surface area (Å²) in [5.41, 5.74) is 5.68. The second-order valence-electron chi connectivity index (χ2n) is 2.52. The lowest BCUT2D eigenvalue weighted by molar-refractivity contribution is -0.385. The minimum Gasteiger partial charge on any atom is -0.494 e. The molecule has 0 bridgehead atoms. The average molecular weight is 198 g/mol. The van der Waals surface area contributed by atoms with Gasteiger partial charge in [0, 0.05) is 6.07 Å². The molecule has 0 aliphatic heterocycles. The molecule has 76 valence electrons. The third-order valence-electron chi connectivity index (χ3n) is 1.73. The van der Waals surface area contributed by atoms with E-state index in [0.29, 0.717) is 5.69 Å². The molecule has 0 saturated carbocycles. The van der Waals surface area contributed by atoms with Gasteiger partial charge in [-0.15, -0.1) is 0 Å². The molecule has 6 heteroatoms. The van der Waals surface area contributed by atoms with E-state index in [-0.39, 0.29) is 17.2 Å². The first-order valence-electron chi connectivity index (χ1n) is 3.76. The number of methoxy groups -OCH3 is 2. The first-order chi connectivity index (χ1) is 6.60. The third-order valence-corrected chi connectivity index (χ3v) is 1.73. The Hall–Kier alpha value is -1.98. The van der Waals surface area contributed by atoms with Gasteiger partial charge in [-0.1, -0.05) is 0 Å². The molecule has 1 aromatic carbocycles. The van der Waals surface area contributed by atoms with Crippen LogP contribution in [0.3, 0.4) is 0 Å². The SMILES string of the molecule is COc1cc([N+](=O)[O-])c(OC)cc1N. The lowest BCUT2D eigenvalue weighted by Gasteiger charge is -2.06. The third kappa shape index (κ3) is 1.68. The van der Waals surface area contributed by atoms with Gasteiger partial charge in [-0.25, -0.2) is 0 Å². The van der Waals surface area contributed by atoms with Crippen molar-refractivity contribution in [2.45, 2.75) is 0 Å². The fourth-order valence-corrected chi connectivity index (χ4v) is 1.05. The van der Waals surface area contributed by atoms with Crippen molar-refractivity contribution in [3.05, 3.63) is 22.2 Å². The molecular weight excluding hydrogens is 188 g/mol. The minimum atomic E-state index is -0.555. The van der Waals surface area contributed by atoms with Crippen molar-refractivity contribution in [2.24, 2.45) is 0 Å². The van der Waals surface area contributed by atoms with Gasteiger partial charge >= 0.3 is 5.69 Å². The zero-order valence-electron chi connectivity index (χ0n) is 7.81. The summed E-state index contributed by atoms with van der Waals surface area (Å²) in [6.45, 7) is 0. The van der Waals surface area contributed by atoms with Gasteiger partial charge in [0.2, 0.25) is 0 Å². The highest BCUT2D eigenvalue weighted by Crippen LogP contribution is 2.35. The number of hydrogen-bond donors (Lipinski definition) is 1. The summed E-state index contributed by atoms with van der Waals surface area (Å²) in [6.07, 6.45) is 0. The molecule has 0 spiro atoms. The number of anilines is 1. The Kier molecular flexibility index (Phi) is 2.76. The topological polar surface area (TPSA) is 87.6 Å². The maximum absolute atomic E-state index is 10.6. The van der Waals surface area contributed by atoms with E-state index in [1.807, 2.05) is 0 Å². The summed E-state index contributed by atoms with van der Waals surface area (Å²) in [7, 11) is 2.73. The Bertz CT molecular complexity index is 365. The van der Waals surface area contributed by atoms with Crippen molar-refractivity contribution in [2.75, 3.05) is 20.0 Å². The van der Waals surface area contributed by atoms with E-state index in [4.69, 9.17) is 15.2 Å². The van der Waals surface area contributed by atoms with Crippen LogP contribution in [0.1, 0.15) is 0 Å². The van der Waals surface area contributed by atoms with Crippen molar-refractivity contribution in [3.63, 3.8) is 0 Å². The van der Waals surface area contributed by atoms with E-state index in [1.165, 1.54) is 26.4 Å². The highest BCUT2D eigenvalue weighted by molar-refractivity contribution is 5.64. The van der Waals surface area contributed by atoms with Crippen LogP contribution >= 0.6 is 0 Å². The number of nitrogens with two attached hydrogens (primary N) is 1. The van der Waals surface area contributed by atoms with Gasteiger partial charge in [-0.05, 0) is 0 Å². The van der Waals surface area contributed by atoms with Gasteiger partial charge in [0.25, 0.3) is 0 Å². The largest absolute Gasteiger partial charge is 0.494 e. The molecule has 0 atom stereocenters. The number of nitro groups is 1. The Labute approximate surface area is 80.4 Å². The Morgan fingerprint density at radius 1 is 1.29 bits per heavy atom. The van der Waals surface area contributed by atoms with Crippen LogP contribution in [0.4, 0.5) is 11.4 Å². The molecule has 0 unspecified atom stereocenters. The maximum atomic E-state index is 10.6. The number of nitro benzene ring substituents is 1. The zero-order valence-corrected chi connectivity index (χ0v) is 7.81. The molecule has 0 heterocycles. The molecule has 6 nitrogen and oxygen atoms in total. The smallest absolute Gasteiger partial charge is 0.314 e. The standard InChI is InChI=1S/C8H10N2O4/c1-13-7-4-6(10(11)12)8(14-2)3-5(7)9/h3-4H,9H2,1-2H3. The van der Waals surface area contributed by atoms with Crippen LogP contribution in [0.25, 0.3) is 0 Å². The lowest BCUT2D eigenvalue weighted by atomic mass is 10.2. The lowest BCUT2D eigenvalue weighted by Crippen LogP contribution is -1.98. The van der Waals surface area contributed by atoms with Crippen LogP contribution in [-0.2, 0) is 0 Å². The highest BCUT2D eigenvalue weighted by atomic mass is 16.6. The van der Waals surface area contributed by atoms with Crippen molar-refractivity contribution in [1.29, 1.82) is 0 Å². The summed E-state index contributed by atoms with van der Waals surface area (Å²) in [5, 5.41) is 10.6. The molecule has 2 N–H and O–H groups in total. The molecule has 0 saturated heterocycles. The second-order valence-corrected chi connectivity index (χ2v) is 2.52. The van der Waals surface area contributed by atoms with Crippen molar-refractivity contribution in [1.82, 2.24) is 0 Å².